The van der Waals surface area contributed by atoms with Crippen LogP contribution in [-0.4, -0.2) is 112 Å². The number of halogens is 2. The van der Waals surface area contributed by atoms with Crippen molar-refractivity contribution in [3.8, 4) is 0 Å². The molecule has 0 amide bonds. The van der Waals surface area contributed by atoms with Crippen molar-refractivity contribution in [2.24, 2.45) is 68.0 Å². The Morgan fingerprint density at radius 2 is 1.03 bits per heavy atom. The lowest BCUT2D eigenvalue weighted by Crippen LogP contribution is -2.09. The van der Waals surface area contributed by atoms with Crippen LogP contribution in [0.15, 0.2) is 400 Å². The number of amidine groups is 1. The molecule has 0 spiro atoms. The standard InChI is InChI=1S/2C9H10N2.2C9H9N.C8H6FN.6C8H8N2.C7H4ClNO.C7H6N2O.C7H6N2/c1-6-3-4-8-9(5-6)11-7(2)10-8;1-7-8-5-3-4-6-9(8)11(2)10-7;1-7-9-5-3-2-4-8(9)6-10-7;1-7-6-8-4-2-3-5-9(8)10-7;9-8-3-1-2-6-4-10-5-7(6)8;1-10-6-9-7-4-2-3-5-8(7)10;1-10-6-7-4-2-3-5-8(7)9-10;3*1-10-8-5-3-2-4-7(8)6-9-10;9-8-7-4-2-1-3-6(7)5-10-8;8-5-1-2-6-7(3-5)10-4-9-6;8-7-5-3-1-2-4-6(5)10-9-7;1-2-6-9-7(3-1)4-5-8-9/h3-5H,1-2H3,(H,10,11);3-6H,1-2H3;2*2-5H,6H2,1H3;1-4H,5H2;5*2-6H,1H3;1-4H,5H2,(H2,9,10);1-4H;1-4H,(H2,8,9);1-6H. The minimum atomic E-state index is -0.144. The van der Waals surface area contributed by atoms with Crippen molar-refractivity contribution in [3.05, 3.63) is 438 Å². The van der Waals surface area contributed by atoms with Crippen LogP contribution in [0.2, 0.25) is 5.02 Å². The minimum absolute atomic E-state index is 0.144. The fourth-order valence-electron chi connectivity index (χ4n) is 15.6. The van der Waals surface area contributed by atoms with E-state index in [1.54, 1.807) is 30.6 Å². The molecule has 4 aliphatic rings. The second-order valence-corrected chi connectivity index (χ2v) is 33.5. The number of fused-ring (bicyclic) bond motifs is 14. The summed E-state index contributed by atoms with van der Waals surface area (Å²) >= 11 is 5.69. The SMILES string of the molecule is CC1=NCc2ccccc21.CC1=Nc2ccccc2C1.Cc1ccc2nc(C)[nH]c2c1.Cc1nn(C)c2ccccc12.Clc1ccc2ncoc2c1.Cn1cc2ccccc2n1.Cn1cnc2ccccc21.Cn1ncc2ccccc21.Cn1ncc2ccccc21.Cn1ncc2ccccc21.Fc1cccc2c1CN=C2.NC1=NCc2ccccc21.Nc1noc2ccccc12.c1ccn2nccc2c1. The zero-order chi connectivity index (χ0) is 98.5. The van der Waals surface area contributed by atoms with Gasteiger partial charge < -0.3 is 30.0 Å². The van der Waals surface area contributed by atoms with Crippen LogP contribution in [0.4, 0.5) is 15.9 Å². The second-order valence-electron chi connectivity index (χ2n) is 33.0. The molecule has 0 aliphatic carbocycles. The first-order chi connectivity index (χ1) is 68.6. The van der Waals surface area contributed by atoms with Gasteiger partial charge in [-0.05, 0) is 166 Å². The fraction of sp³-hybridized carbons (Fsp3) is 0.133. The molecule has 5 N–H and O–H groups in total. The zero-order valence-electron chi connectivity index (χ0n) is 80.2. The average molecular weight is 1890 g/mol. The fourth-order valence-corrected chi connectivity index (χ4v) is 15.7. The van der Waals surface area contributed by atoms with Crippen molar-refractivity contribution >= 4 is 151 Å². The first-order valence-electron chi connectivity index (χ1n) is 45.6. The molecule has 28 rings (SSSR count). The van der Waals surface area contributed by atoms with E-state index in [4.69, 9.17) is 32.0 Å². The summed E-state index contributed by atoms with van der Waals surface area (Å²) in [4.78, 5) is 32.3. The van der Waals surface area contributed by atoms with Gasteiger partial charge in [-0.3, -0.25) is 43.4 Å². The lowest BCUT2D eigenvalue weighted by Gasteiger charge is -1.95. The summed E-state index contributed by atoms with van der Waals surface area (Å²) in [7, 11) is 11.7. The van der Waals surface area contributed by atoms with Crippen LogP contribution in [0.1, 0.15) is 69.9 Å². The molecule has 15 heterocycles. The number of pyridine rings is 1. The number of imidazole rings is 2. The predicted molar refractivity (Wildman–Crippen MR) is 571 cm³/mol. The first kappa shape index (κ1) is 97.8. The lowest BCUT2D eigenvalue weighted by atomic mass is 10.1. The highest BCUT2D eigenvalue weighted by atomic mass is 35.5. The third-order valence-electron chi connectivity index (χ3n) is 22.8. The Labute approximate surface area is 819 Å². The number of H-pyrrole nitrogens is 1. The number of nitrogen functional groups attached to an aromatic ring is 1. The molecule has 0 atom stereocenters. The Morgan fingerprint density at radius 3 is 1.66 bits per heavy atom. The van der Waals surface area contributed by atoms with E-state index < -0.39 is 0 Å². The molecular formula is C113H108ClFN24O2. The summed E-state index contributed by atoms with van der Waals surface area (Å²) in [5.41, 5.74) is 38.7. The number of hydrogen-bond acceptors (Lipinski definition) is 18. The topological polar surface area (TPSA) is 306 Å². The molecule has 706 valence electrons. The Morgan fingerprint density at radius 1 is 0.454 bits per heavy atom. The molecule has 141 heavy (non-hydrogen) atoms. The molecule has 24 aromatic rings. The number of hydrogen-bond donors (Lipinski definition) is 3. The van der Waals surface area contributed by atoms with Crippen LogP contribution in [0.25, 0.3) is 104 Å². The van der Waals surface area contributed by atoms with Gasteiger partial charge in [0, 0.05) is 145 Å². The number of anilines is 1. The molecule has 4 aliphatic heterocycles. The smallest absolute Gasteiger partial charge is 0.181 e. The van der Waals surface area contributed by atoms with Crippen LogP contribution in [0.5, 0.6) is 0 Å². The van der Waals surface area contributed by atoms with E-state index in [0.29, 0.717) is 23.2 Å². The highest BCUT2D eigenvalue weighted by Gasteiger charge is 2.14. The summed E-state index contributed by atoms with van der Waals surface area (Å²) in [6.07, 6.45) is 17.3. The highest BCUT2D eigenvalue weighted by Crippen LogP contribution is 2.27. The van der Waals surface area contributed by atoms with Gasteiger partial charge in [-0.25, -0.2) is 23.9 Å². The molecule has 28 heteroatoms. The molecule has 11 aromatic heterocycles. The molecular weight excluding hydrogens is 1780 g/mol. The quantitative estimate of drug-likeness (QED) is 0.127. The highest BCUT2D eigenvalue weighted by molar-refractivity contribution is 6.31. The molecule has 0 radical (unpaired) electrons. The molecule has 0 unspecified atom stereocenters. The van der Waals surface area contributed by atoms with Gasteiger partial charge in [-0.1, -0.05) is 223 Å². The maximum Gasteiger partial charge on any atom is 0.181 e. The van der Waals surface area contributed by atoms with Gasteiger partial charge in [0.1, 0.15) is 23.0 Å². The van der Waals surface area contributed by atoms with Crippen molar-refractivity contribution in [3.63, 3.8) is 0 Å². The number of aromatic amines is 1. The van der Waals surface area contributed by atoms with Gasteiger partial charge in [0.2, 0.25) is 0 Å². The van der Waals surface area contributed by atoms with E-state index in [9.17, 15) is 4.39 Å². The average Bonchev–Trinajstić information content (AvgIpc) is 1.66. The summed E-state index contributed by atoms with van der Waals surface area (Å²) in [6, 6.07) is 106. The Kier molecular flexibility index (Phi) is 33.1. The molecule has 0 saturated carbocycles. The van der Waals surface area contributed by atoms with E-state index in [1.165, 1.54) is 106 Å². The monoisotopic (exact) mass is 1890 g/mol. The maximum absolute atomic E-state index is 12.8. The number of aryl methyl sites for hydroxylation is 9. The summed E-state index contributed by atoms with van der Waals surface area (Å²) in [6.45, 7) is 12.3. The number of rotatable bonds is 0. The second kappa shape index (κ2) is 47.7. The van der Waals surface area contributed by atoms with Gasteiger partial charge in [0.05, 0.1) is 116 Å². The van der Waals surface area contributed by atoms with E-state index in [0.717, 1.165) is 103 Å². The van der Waals surface area contributed by atoms with Crippen LogP contribution >= 0.6 is 11.6 Å². The number of benzene rings is 13. The van der Waals surface area contributed by atoms with Crippen LogP contribution in [0.3, 0.4) is 0 Å². The number of nitrogens with one attached hydrogen (secondary N) is 1. The van der Waals surface area contributed by atoms with E-state index in [1.807, 2.05) is 302 Å². The number of aromatic nitrogens is 18. The summed E-state index contributed by atoms with van der Waals surface area (Å²) in [5, 5.41) is 36.1. The van der Waals surface area contributed by atoms with Crippen molar-refractivity contribution in [2.45, 2.75) is 60.7 Å². The Balaban J connectivity index is 0.000000115. The number of para-hydroxylation sites is 8. The Hall–Kier alpha value is -17.7. The van der Waals surface area contributed by atoms with Gasteiger partial charge in [-0.2, -0.15) is 30.6 Å². The predicted octanol–water partition coefficient (Wildman–Crippen LogP) is 24.2. The third-order valence-corrected chi connectivity index (χ3v) is 23.1. The van der Waals surface area contributed by atoms with Gasteiger partial charge >= 0.3 is 0 Å². The summed E-state index contributed by atoms with van der Waals surface area (Å²) in [5.74, 6) is 1.96. The largest absolute Gasteiger partial charge is 0.443 e. The van der Waals surface area contributed by atoms with E-state index in [2.05, 4.69) is 218 Å². The van der Waals surface area contributed by atoms with Gasteiger partial charge in [-0.15, -0.1) is 0 Å². The van der Waals surface area contributed by atoms with Gasteiger partial charge in [0.15, 0.2) is 23.4 Å². The number of nitrogens with zero attached hydrogens (tertiary/aromatic N) is 21. The van der Waals surface area contributed by atoms with Crippen molar-refractivity contribution < 1.29 is 13.3 Å². The van der Waals surface area contributed by atoms with Gasteiger partial charge in [0.25, 0.3) is 0 Å². The molecule has 0 fully saturated rings. The minimum Gasteiger partial charge on any atom is -0.443 e. The molecule has 13 aromatic carbocycles. The molecule has 0 bridgehead atoms. The number of aliphatic imine (C=N–C) groups is 4. The van der Waals surface area contributed by atoms with E-state index >= 15 is 0 Å². The molecule has 26 nitrogen and oxygen atoms in total. The Bertz CT molecular complexity index is 7810. The molecule has 0 saturated heterocycles. The first-order valence-corrected chi connectivity index (χ1v) is 46.0. The number of nitrogens with two attached hydrogens (primary N) is 2. The van der Waals surface area contributed by atoms with Crippen LogP contribution in [-0.2, 0) is 68.3 Å². The van der Waals surface area contributed by atoms with Crippen molar-refractivity contribution in [2.75, 3.05) is 5.73 Å². The van der Waals surface area contributed by atoms with Crippen molar-refractivity contribution in [1.29, 1.82) is 0 Å². The maximum atomic E-state index is 12.8. The summed E-state index contributed by atoms with van der Waals surface area (Å²) < 4.78 is 35.9. The van der Waals surface area contributed by atoms with Crippen LogP contribution in [0, 0.1) is 26.6 Å². The third kappa shape index (κ3) is 26.1. The van der Waals surface area contributed by atoms with Crippen LogP contribution < -0.4 is 11.5 Å². The van der Waals surface area contributed by atoms with Crippen molar-refractivity contribution in [1.82, 2.24) is 88.2 Å². The van der Waals surface area contributed by atoms with E-state index in [-0.39, 0.29) is 5.82 Å². The zero-order valence-corrected chi connectivity index (χ0v) is 81.0. The lowest BCUT2D eigenvalue weighted by molar-refractivity contribution is 0.460. The normalized spacial score (nSPS) is 11.6. The number of oxazole rings is 1.